The first-order valence-corrected chi connectivity index (χ1v) is 22.7. The molecule has 302 valence electrons. The number of hydrogen-bond donors (Lipinski definition) is 0. The molecule has 3 aromatic heterocycles. The largest absolute Gasteiger partial charge is 0.309 e. The van der Waals surface area contributed by atoms with Crippen LogP contribution >= 0.6 is 11.3 Å². The second kappa shape index (κ2) is 12.6. The minimum Gasteiger partial charge on any atom is -0.309 e. The molecule has 0 aliphatic heterocycles. The van der Waals surface area contributed by atoms with Crippen molar-refractivity contribution in [2.24, 2.45) is 5.41 Å². The van der Waals surface area contributed by atoms with Crippen molar-refractivity contribution >= 4 is 53.3 Å². The molecule has 0 atom stereocenters. The van der Waals surface area contributed by atoms with Crippen LogP contribution in [0.3, 0.4) is 0 Å². The van der Waals surface area contributed by atoms with Gasteiger partial charge in [-0.25, -0.2) is 15.0 Å². The van der Waals surface area contributed by atoms with E-state index in [1.165, 1.54) is 75.4 Å². The SMILES string of the molecule is CC1(C)c2ccccc2-c2cc3c4cc5c(cc4n(-c4cccc(-c6nc(-c7ccccc7)nc(-c7ccc8c(c7)sc7ccccc78)n6)c4)c3cc21)C(C)(C)C(C)(C)C5(C)C. The molecule has 0 fully saturated rings. The highest BCUT2D eigenvalue weighted by atomic mass is 32.1. The monoisotopic (exact) mass is 820 g/mol. The quantitative estimate of drug-likeness (QED) is 0.178. The van der Waals surface area contributed by atoms with Crippen LogP contribution in [0.25, 0.3) is 93.0 Å². The summed E-state index contributed by atoms with van der Waals surface area (Å²) in [6, 6.07) is 53.4. The number of fused-ring (bicyclic) bond motifs is 10. The first-order chi connectivity index (χ1) is 29.7. The minimum atomic E-state index is -0.132. The van der Waals surface area contributed by atoms with E-state index in [0.29, 0.717) is 17.5 Å². The fourth-order valence-corrected chi connectivity index (χ4v) is 12.2. The zero-order chi connectivity index (χ0) is 42.5. The molecule has 0 radical (unpaired) electrons. The Bertz CT molecular complexity index is 3530. The Kier molecular flexibility index (Phi) is 7.58. The molecule has 0 unspecified atom stereocenters. The van der Waals surface area contributed by atoms with E-state index in [2.05, 4.69) is 187 Å². The maximum Gasteiger partial charge on any atom is 0.164 e. The average molecular weight is 821 g/mol. The van der Waals surface area contributed by atoms with Gasteiger partial charge in [0.1, 0.15) is 0 Å². The molecule has 0 bridgehead atoms. The molecule has 12 rings (SSSR count). The Morgan fingerprint density at radius 1 is 0.403 bits per heavy atom. The molecule has 0 spiro atoms. The van der Waals surface area contributed by atoms with Gasteiger partial charge in [0.2, 0.25) is 0 Å². The van der Waals surface area contributed by atoms with Gasteiger partial charge in [0.05, 0.1) is 11.0 Å². The summed E-state index contributed by atoms with van der Waals surface area (Å²) in [6.45, 7) is 19.4. The smallest absolute Gasteiger partial charge is 0.164 e. The van der Waals surface area contributed by atoms with Crippen molar-refractivity contribution in [2.75, 3.05) is 0 Å². The maximum atomic E-state index is 5.27. The van der Waals surface area contributed by atoms with E-state index in [1.807, 2.05) is 29.5 Å². The third-order valence-corrected chi connectivity index (χ3v) is 16.9. The first kappa shape index (κ1) is 37.3. The molecule has 3 heterocycles. The summed E-state index contributed by atoms with van der Waals surface area (Å²) in [7, 11) is 0. The van der Waals surface area contributed by atoms with Crippen LogP contribution in [0.1, 0.15) is 77.6 Å². The molecule has 0 saturated carbocycles. The number of aromatic nitrogens is 4. The van der Waals surface area contributed by atoms with E-state index >= 15 is 0 Å². The van der Waals surface area contributed by atoms with Crippen molar-refractivity contribution in [3.8, 4) is 51.0 Å². The lowest BCUT2D eigenvalue weighted by Gasteiger charge is -2.44. The van der Waals surface area contributed by atoms with E-state index in [-0.39, 0.29) is 21.7 Å². The predicted molar refractivity (Wildman–Crippen MR) is 261 cm³/mol. The molecule has 2 aliphatic rings. The average Bonchev–Trinajstić information content (AvgIpc) is 3.91. The van der Waals surface area contributed by atoms with Crippen LogP contribution in [0.15, 0.2) is 146 Å². The lowest BCUT2D eigenvalue weighted by Crippen LogP contribution is -2.42. The fraction of sp³-hybridized carbons (Fsp3) is 0.211. The predicted octanol–water partition coefficient (Wildman–Crippen LogP) is 15.2. The summed E-state index contributed by atoms with van der Waals surface area (Å²) in [4.78, 5) is 15.6. The highest BCUT2D eigenvalue weighted by molar-refractivity contribution is 7.25. The van der Waals surface area contributed by atoms with E-state index in [4.69, 9.17) is 15.0 Å². The van der Waals surface area contributed by atoms with Gasteiger partial charge in [0, 0.05) is 58.7 Å². The van der Waals surface area contributed by atoms with E-state index in [0.717, 1.165) is 22.4 Å². The molecule has 62 heavy (non-hydrogen) atoms. The Balaban J connectivity index is 1.09. The zero-order valence-electron chi connectivity index (χ0n) is 36.6. The van der Waals surface area contributed by atoms with Crippen LogP contribution in [-0.4, -0.2) is 19.5 Å². The number of hydrogen-bond acceptors (Lipinski definition) is 4. The third kappa shape index (κ3) is 4.97. The lowest BCUT2D eigenvalue weighted by atomic mass is 9.59. The third-order valence-electron chi connectivity index (χ3n) is 15.7. The Morgan fingerprint density at radius 3 is 1.74 bits per heavy atom. The molecule has 5 heteroatoms. The van der Waals surface area contributed by atoms with Crippen LogP contribution in [-0.2, 0) is 16.2 Å². The Labute approximate surface area is 367 Å². The van der Waals surface area contributed by atoms with Crippen molar-refractivity contribution in [2.45, 2.75) is 71.6 Å². The van der Waals surface area contributed by atoms with Crippen molar-refractivity contribution in [1.82, 2.24) is 19.5 Å². The normalized spacial score (nSPS) is 16.6. The van der Waals surface area contributed by atoms with E-state index < -0.39 is 0 Å². The van der Waals surface area contributed by atoms with E-state index in [9.17, 15) is 0 Å². The molecule has 0 N–H and O–H groups in total. The maximum absolute atomic E-state index is 5.27. The summed E-state index contributed by atoms with van der Waals surface area (Å²) in [5.41, 5.74) is 14.6. The van der Waals surface area contributed by atoms with Crippen molar-refractivity contribution in [3.05, 3.63) is 168 Å². The van der Waals surface area contributed by atoms with Crippen molar-refractivity contribution in [3.63, 3.8) is 0 Å². The Hall–Kier alpha value is -6.43. The van der Waals surface area contributed by atoms with Crippen molar-refractivity contribution < 1.29 is 0 Å². The van der Waals surface area contributed by atoms with Crippen LogP contribution in [0.2, 0.25) is 0 Å². The molecular formula is C57H48N4S. The van der Waals surface area contributed by atoms with Gasteiger partial charge in [-0.05, 0) is 98.2 Å². The van der Waals surface area contributed by atoms with Gasteiger partial charge in [-0.1, -0.05) is 152 Å². The highest BCUT2D eigenvalue weighted by Crippen LogP contribution is 2.62. The number of nitrogens with zero attached hydrogens (tertiary/aromatic N) is 4. The number of thiophene rings is 1. The summed E-state index contributed by atoms with van der Waals surface area (Å²) in [6.07, 6.45) is 0. The summed E-state index contributed by atoms with van der Waals surface area (Å²) >= 11 is 1.81. The van der Waals surface area contributed by atoms with Gasteiger partial charge in [0.15, 0.2) is 17.5 Å². The molecular weight excluding hydrogens is 773 g/mol. The van der Waals surface area contributed by atoms with Gasteiger partial charge >= 0.3 is 0 Å². The molecule has 7 aromatic carbocycles. The lowest BCUT2D eigenvalue weighted by molar-refractivity contribution is 0.125. The summed E-state index contributed by atoms with van der Waals surface area (Å²) in [5.74, 6) is 1.97. The van der Waals surface area contributed by atoms with Crippen LogP contribution in [0.4, 0.5) is 0 Å². The van der Waals surface area contributed by atoms with Crippen LogP contribution in [0.5, 0.6) is 0 Å². The zero-order valence-corrected chi connectivity index (χ0v) is 37.4. The first-order valence-electron chi connectivity index (χ1n) is 21.9. The Morgan fingerprint density at radius 2 is 0.984 bits per heavy atom. The molecule has 2 aliphatic carbocycles. The number of rotatable bonds is 4. The minimum absolute atomic E-state index is 0.0198. The second-order valence-electron chi connectivity index (χ2n) is 19.7. The topological polar surface area (TPSA) is 43.6 Å². The van der Waals surface area contributed by atoms with Crippen LogP contribution in [0, 0.1) is 5.41 Å². The van der Waals surface area contributed by atoms with Gasteiger partial charge in [-0.15, -0.1) is 11.3 Å². The van der Waals surface area contributed by atoms with Gasteiger partial charge in [-0.3, -0.25) is 0 Å². The standard InChI is InChI=1S/C57H48N4S/c1-54(2)43-23-14-12-21-37(43)40-29-41-42-30-45-46(56(5,6)57(7,8)55(45,3)4)32-48(42)61(47(41)31-44(40)54)36-20-16-19-34(27-36)52-58-51(33-17-10-9-11-18-33)59-53(60-52)35-25-26-39-38-22-13-15-24-49(38)62-50(39)28-35/h9-32H,1-8H3. The molecule has 10 aromatic rings. The van der Waals surface area contributed by atoms with Crippen LogP contribution < -0.4 is 0 Å². The van der Waals surface area contributed by atoms with Gasteiger partial charge in [0.25, 0.3) is 0 Å². The van der Waals surface area contributed by atoms with Gasteiger partial charge < -0.3 is 4.57 Å². The van der Waals surface area contributed by atoms with Gasteiger partial charge in [-0.2, -0.15) is 0 Å². The molecule has 0 amide bonds. The molecule has 0 saturated heterocycles. The number of benzene rings is 7. The van der Waals surface area contributed by atoms with E-state index in [1.54, 1.807) is 0 Å². The summed E-state index contributed by atoms with van der Waals surface area (Å²) in [5, 5.41) is 5.11. The fourth-order valence-electron chi connectivity index (χ4n) is 11.0. The highest BCUT2D eigenvalue weighted by Gasteiger charge is 2.57. The van der Waals surface area contributed by atoms with Crippen molar-refractivity contribution in [1.29, 1.82) is 0 Å². The summed E-state index contributed by atoms with van der Waals surface area (Å²) < 4.78 is 5.01. The molecule has 4 nitrogen and oxygen atoms in total. The second-order valence-corrected chi connectivity index (χ2v) is 20.8.